The lowest BCUT2D eigenvalue weighted by molar-refractivity contribution is -0.148. The number of carbonyl (C=O) groups is 2. The average Bonchev–Trinajstić information content (AvgIpc) is 1.81. The number of rotatable bonds is 4. The van der Waals surface area contributed by atoms with Crippen LogP contribution < -0.4 is 5.48 Å². The lowest BCUT2D eigenvalue weighted by Crippen LogP contribution is -2.36. The molecule has 0 unspecified atom stereocenters. The number of carboxylic acids is 2. The maximum Gasteiger partial charge on any atom is 0.323 e. The van der Waals surface area contributed by atoms with Crippen molar-refractivity contribution >= 4 is 24.3 Å². The van der Waals surface area contributed by atoms with E-state index < -0.39 is 24.4 Å². The Balaban J connectivity index is 0. The number of carboxylic acid groups (broad SMARTS) is 2. The zero-order chi connectivity index (χ0) is 8.15. The molecule has 0 heterocycles. The highest BCUT2D eigenvalue weighted by Gasteiger charge is 2.18. The van der Waals surface area contributed by atoms with Crippen molar-refractivity contribution in [1.82, 2.24) is 5.48 Å². The van der Waals surface area contributed by atoms with E-state index in [2.05, 4.69) is 0 Å². The second-order valence-corrected chi connectivity index (χ2v) is 1.62. The quantitative estimate of drug-likeness (QED) is 0.432. The van der Waals surface area contributed by atoms with E-state index in [4.69, 9.17) is 15.4 Å². The molecule has 0 bridgehead atoms. The van der Waals surface area contributed by atoms with Gasteiger partial charge in [0.1, 0.15) is 6.04 Å². The Morgan fingerprint density at radius 3 is 1.91 bits per heavy atom. The molecule has 0 rings (SSSR count). The van der Waals surface area contributed by atoms with Crippen LogP contribution in [0.5, 0.6) is 0 Å². The SMILES string of the molecule is Cl.O=C(O)C[C@H](NO)C(=O)O. The summed E-state index contributed by atoms with van der Waals surface area (Å²) < 4.78 is 0. The van der Waals surface area contributed by atoms with Crippen LogP contribution >= 0.6 is 12.4 Å². The number of halogens is 1. The van der Waals surface area contributed by atoms with E-state index in [1.807, 2.05) is 0 Å². The van der Waals surface area contributed by atoms with Crippen molar-refractivity contribution < 1.29 is 25.0 Å². The Morgan fingerprint density at radius 2 is 1.82 bits per heavy atom. The topological polar surface area (TPSA) is 107 Å². The number of aliphatic carboxylic acids is 2. The highest BCUT2D eigenvalue weighted by atomic mass is 35.5. The van der Waals surface area contributed by atoms with Crippen molar-refractivity contribution in [2.75, 3.05) is 0 Å². The Labute approximate surface area is 68.2 Å². The van der Waals surface area contributed by atoms with Gasteiger partial charge in [0.25, 0.3) is 0 Å². The summed E-state index contributed by atoms with van der Waals surface area (Å²) in [5, 5.41) is 24.2. The minimum atomic E-state index is -1.43. The molecule has 0 fully saturated rings. The number of hydrogen-bond acceptors (Lipinski definition) is 4. The van der Waals surface area contributed by atoms with Crippen LogP contribution in [0.1, 0.15) is 6.42 Å². The molecule has 0 saturated carbocycles. The predicted molar refractivity (Wildman–Crippen MR) is 35.8 cm³/mol. The minimum absolute atomic E-state index is 0. The maximum atomic E-state index is 9.98. The van der Waals surface area contributed by atoms with E-state index in [0.29, 0.717) is 0 Å². The molecular formula is C4H8ClNO5. The van der Waals surface area contributed by atoms with Gasteiger partial charge in [0.05, 0.1) is 6.42 Å². The van der Waals surface area contributed by atoms with Crippen LogP contribution in [0.2, 0.25) is 0 Å². The van der Waals surface area contributed by atoms with Gasteiger partial charge in [-0.3, -0.25) is 9.59 Å². The molecule has 0 aromatic heterocycles. The zero-order valence-electron chi connectivity index (χ0n) is 5.35. The molecule has 0 aromatic carbocycles. The first-order valence-corrected chi connectivity index (χ1v) is 2.42. The Morgan fingerprint density at radius 1 is 1.36 bits per heavy atom. The molecule has 0 spiro atoms. The number of nitrogens with one attached hydrogen (secondary N) is 1. The summed E-state index contributed by atoms with van der Waals surface area (Å²) in [4.78, 5) is 19.8. The highest BCUT2D eigenvalue weighted by Crippen LogP contribution is 1.89. The van der Waals surface area contributed by atoms with Crippen LogP contribution in [-0.2, 0) is 9.59 Å². The summed E-state index contributed by atoms with van der Waals surface area (Å²) in [6.07, 6.45) is -0.647. The Bertz CT molecular complexity index is 149. The standard InChI is InChI=1S/C4H7NO5.ClH/c6-3(7)1-2(5-10)4(8)9;/h2,5,10H,1H2,(H,6,7)(H,8,9);1H/t2-;/m0./s1. The largest absolute Gasteiger partial charge is 0.481 e. The number of hydrogen-bond donors (Lipinski definition) is 4. The molecule has 0 aliphatic rings. The molecule has 11 heavy (non-hydrogen) atoms. The minimum Gasteiger partial charge on any atom is -0.481 e. The average molecular weight is 186 g/mol. The van der Waals surface area contributed by atoms with Crippen molar-refractivity contribution in [2.45, 2.75) is 12.5 Å². The van der Waals surface area contributed by atoms with Crippen LogP contribution in [0.25, 0.3) is 0 Å². The Kier molecular flexibility index (Phi) is 6.86. The van der Waals surface area contributed by atoms with Crippen LogP contribution in [0.4, 0.5) is 0 Å². The van der Waals surface area contributed by atoms with Gasteiger partial charge in [0.2, 0.25) is 0 Å². The second kappa shape index (κ2) is 5.90. The van der Waals surface area contributed by atoms with Gasteiger partial charge in [-0.05, 0) is 0 Å². The summed E-state index contributed by atoms with van der Waals surface area (Å²) in [7, 11) is 0. The van der Waals surface area contributed by atoms with Gasteiger partial charge in [0.15, 0.2) is 0 Å². The molecule has 4 N–H and O–H groups in total. The van der Waals surface area contributed by atoms with E-state index in [1.165, 1.54) is 5.48 Å². The third kappa shape index (κ3) is 5.59. The van der Waals surface area contributed by atoms with E-state index in [0.717, 1.165) is 0 Å². The normalized spacial score (nSPS) is 11.4. The van der Waals surface area contributed by atoms with E-state index >= 15 is 0 Å². The molecule has 6 nitrogen and oxygen atoms in total. The molecule has 7 heteroatoms. The molecule has 0 amide bonds. The summed E-state index contributed by atoms with van der Waals surface area (Å²) >= 11 is 0. The third-order valence-electron chi connectivity index (χ3n) is 0.833. The molecule has 0 radical (unpaired) electrons. The summed E-state index contributed by atoms with van der Waals surface area (Å²) in [6, 6.07) is -1.43. The van der Waals surface area contributed by atoms with Crippen molar-refractivity contribution in [2.24, 2.45) is 0 Å². The molecule has 0 saturated heterocycles. The first kappa shape index (κ1) is 12.8. The predicted octanol–water partition coefficient (Wildman–Crippen LogP) is -0.685. The smallest absolute Gasteiger partial charge is 0.323 e. The fourth-order valence-electron chi connectivity index (χ4n) is 0.363. The fraction of sp³-hybridized carbons (Fsp3) is 0.500. The van der Waals surface area contributed by atoms with E-state index in [-0.39, 0.29) is 12.4 Å². The first-order chi connectivity index (χ1) is 4.57. The van der Waals surface area contributed by atoms with Crippen LogP contribution in [-0.4, -0.2) is 33.4 Å². The molecule has 0 aromatic rings. The maximum absolute atomic E-state index is 9.98. The van der Waals surface area contributed by atoms with Crippen molar-refractivity contribution in [3.8, 4) is 0 Å². The van der Waals surface area contributed by atoms with Gasteiger partial charge in [0, 0.05) is 0 Å². The molecule has 1 atom stereocenters. The molecule has 0 aliphatic heterocycles. The second-order valence-electron chi connectivity index (χ2n) is 1.62. The van der Waals surface area contributed by atoms with Crippen molar-refractivity contribution in [3.63, 3.8) is 0 Å². The Hall–Kier alpha value is -0.850. The molecule has 66 valence electrons. The van der Waals surface area contributed by atoms with Crippen LogP contribution in [0.15, 0.2) is 0 Å². The van der Waals surface area contributed by atoms with Gasteiger partial charge < -0.3 is 15.4 Å². The van der Waals surface area contributed by atoms with Crippen molar-refractivity contribution in [3.05, 3.63) is 0 Å². The molecular weight excluding hydrogens is 177 g/mol. The lowest BCUT2D eigenvalue weighted by Gasteiger charge is -2.04. The highest BCUT2D eigenvalue weighted by molar-refractivity contribution is 5.85. The lowest BCUT2D eigenvalue weighted by atomic mass is 10.2. The summed E-state index contributed by atoms with van der Waals surface area (Å²) in [5.74, 6) is -2.68. The van der Waals surface area contributed by atoms with Crippen LogP contribution in [0, 0.1) is 0 Å². The van der Waals surface area contributed by atoms with Crippen LogP contribution in [0.3, 0.4) is 0 Å². The fourth-order valence-corrected chi connectivity index (χ4v) is 0.363. The van der Waals surface area contributed by atoms with Gasteiger partial charge in [-0.15, -0.1) is 12.4 Å². The van der Waals surface area contributed by atoms with Crippen molar-refractivity contribution in [1.29, 1.82) is 0 Å². The van der Waals surface area contributed by atoms with E-state index in [9.17, 15) is 9.59 Å². The van der Waals surface area contributed by atoms with Gasteiger partial charge in [-0.2, -0.15) is 5.48 Å². The number of hydroxylamine groups is 1. The molecule has 0 aliphatic carbocycles. The van der Waals surface area contributed by atoms with Gasteiger partial charge >= 0.3 is 11.9 Å². The third-order valence-corrected chi connectivity index (χ3v) is 0.833. The summed E-state index contributed by atoms with van der Waals surface area (Å²) in [6.45, 7) is 0. The monoisotopic (exact) mass is 185 g/mol. The summed E-state index contributed by atoms with van der Waals surface area (Å²) in [5.41, 5.74) is 1.35. The van der Waals surface area contributed by atoms with Gasteiger partial charge in [-0.1, -0.05) is 0 Å². The first-order valence-electron chi connectivity index (χ1n) is 2.42. The zero-order valence-corrected chi connectivity index (χ0v) is 6.17. The van der Waals surface area contributed by atoms with Gasteiger partial charge in [-0.25, -0.2) is 0 Å². The van der Waals surface area contributed by atoms with E-state index in [1.54, 1.807) is 0 Å².